The van der Waals surface area contributed by atoms with Gasteiger partial charge in [-0.1, -0.05) is 12.1 Å². The smallest absolute Gasteiger partial charge is 0.255 e. The number of hydrogen-bond acceptors (Lipinski definition) is 5. The second kappa shape index (κ2) is 7.06. The molecule has 2 amide bonds. The number of amides is 2. The Morgan fingerprint density at radius 3 is 2.83 bits per heavy atom. The van der Waals surface area contributed by atoms with Gasteiger partial charge in [0.2, 0.25) is 5.91 Å². The number of benzene rings is 2. The molecule has 5 rings (SSSR count). The maximum Gasteiger partial charge on any atom is 0.255 e. The SMILES string of the molecule is C[C@H]1Sc2ccc(C(=O)Nc3ccc(-c4cn5ccsc5n4)cc3)cc2NC1=O. The molecule has 8 heteroatoms. The fourth-order valence-electron chi connectivity index (χ4n) is 3.14. The number of nitrogens with one attached hydrogen (secondary N) is 2. The third-order valence-corrected chi connectivity index (χ3v) is 6.65. The molecule has 6 nitrogen and oxygen atoms in total. The first-order valence-corrected chi connectivity index (χ1v) is 10.8. The summed E-state index contributed by atoms with van der Waals surface area (Å²) in [5.74, 6) is -0.268. The van der Waals surface area contributed by atoms with Gasteiger partial charge in [-0.15, -0.1) is 23.1 Å². The molecule has 0 saturated carbocycles. The van der Waals surface area contributed by atoms with E-state index in [1.807, 2.05) is 59.4 Å². The summed E-state index contributed by atoms with van der Waals surface area (Å²) in [6.07, 6.45) is 3.96. The van der Waals surface area contributed by atoms with Crippen LogP contribution in [0.2, 0.25) is 0 Å². The summed E-state index contributed by atoms with van der Waals surface area (Å²) in [4.78, 5) is 31.0. The predicted octanol–water partition coefficient (Wildman–Crippen LogP) is 4.75. The van der Waals surface area contributed by atoms with Gasteiger partial charge in [0.05, 0.1) is 16.6 Å². The van der Waals surface area contributed by atoms with Crippen LogP contribution in [-0.4, -0.2) is 26.4 Å². The van der Waals surface area contributed by atoms with Gasteiger partial charge < -0.3 is 10.6 Å². The second-order valence-electron chi connectivity index (χ2n) is 6.71. The zero-order valence-corrected chi connectivity index (χ0v) is 17.0. The van der Waals surface area contributed by atoms with Gasteiger partial charge in [0, 0.05) is 39.5 Å². The molecule has 0 unspecified atom stereocenters. The van der Waals surface area contributed by atoms with Gasteiger partial charge >= 0.3 is 0 Å². The molecule has 2 aromatic carbocycles. The average Bonchev–Trinajstić information content (AvgIpc) is 3.31. The first-order chi connectivity index (χ1) is 14.1. The minimum absolute atomic E-state index is 0.0465. The number of rotatable bonds is 3. The highest BCUT2D eigenvalue weighted by molar-refractivity contribution is 8.00. The highest BCUT2D eigenvalue weighted by atomic mass is 32.2. The van der Waals surface area contributed by atoms with Crippen molar-refractivity contribution in [3.05, 3.63) is 65.8 Å². The molecule has 3 heterocycles. The van der Waals surface area contributed by atoms with Crippen LogP contribution < -0.4 is 10.6 Å². The lowest BCUT2D eigenvalue weighted by molar-refractivity contribution is -0.115. The highest BCUT2D eigenvalue weighted by Gasteiger charge is 2.23. The number of anilines is 2. The molecule has 0 fully saturated rings. The van der Waals surface area contributed by atoms with E-state index in [9.17, 15) is 9.59 Å². The van der Waals surface area contributed by atoms with Gasteiger partial charge in [0.1, 0.15) is 0 Å². The molecule has 0 bridgehead atoms. The molecule has 1 aliphatic heterocycles. The molecule has 0 radical (unpaired) electrons. The molecule has 1 aliphatic rings. The van der Waals surface area contributed by atoms with E-state index in [0.29, 0.717) is 16.9 Å². The summed E-state index contributed by atoms with van der Waals surface area (Å²) in [6.45, 7) is 1.86. The number of imidazole rings is 1. The van der Waals surface area contributed by atoms with Crippen molar-refractivity contribution in [3.8, 4) is 11.3 Å². The average molecular weight is 421 g/mol. The van der Waals surface area contributed by atoms with Crippen LogP contribution in [0.25, 0.3) is 16.2 Å². The third kappa shape index (κ3) is 3.41. The van der Waals surface area contributed by atoms with Crippen LogP contribution in [0, 0.1) is 0 Å². The van der Waals surface area contributed by atoms with Crippen molar-refractivity contribution in [2.45, 2.75) is 17.1 Å². The largest absolute Gasteiger partial charge is 0.324 e. The Bertz CT molecular complexity index is 1210. The molecule has 29 heavy (non-hydrogen) atoms. The third-order valence-electron chi connectivity index (χ3n) is 4.70. The molecule has 4 aromatic rings. The second-order valence-corrected chi connectivity index (χ2v) is 8.97. The Kier molecular flexibility index (Phi) is 4.37. The Labute approximate surface area is 175 Å². The first-order valence-electron chi connectivity index (χ1n) is 9.02. The summed E-state index contributed by atoms with van der Waals surface area (Å²) in [5.41, 5.74) is 3.76. The molecule has 0 spiro atoms. The molecule has 2 aromatic heterocycles. The van der Waals surface area contributed by atoms with Crippen molar-refractivity contribution in [1.82, 2.24) is 9.38 Å². The minimum atomic E-state index is -0.221. The summed E-state index contributed by atoms with van der Waals surface area (Å²) < 4.78 is 1.99. The monoisotopic (exact) mass is 420 g/mol. The lowest BCUT2D eigenvalue weighted by Gasteiger charge is -2.21. The van der Waals surface area contributed by atoms with Crippen molar-refractivity contribution in [3.63, 3.8) is 0 Å². The van der Waals surface area contributed by atoms with E-state index in [1.54, 1.807) is 23.5 Å². The molecule has 0 aliphatic carbocycles. The normalized spacial score (nSPS) is 15.8. The summed E-state index contributed by atoms with van der Waals surface area (Å²) >= 11 is 3.08. The van der Waals surface area contributed by atoms with Gasteiger partial charge in [-0.05, 0) is 37.3 Å². The number of aromatic nitrogens is 2. The van der Waals surface area contributed by atoms with Crippen LogP contribution >= 0.6 is 23.1 Å². The van der Waals surface area contributed by atoms with E-state index < -0.39 is 0 Å². The van der Waals surface area contributed by atoms with Crippen LogP contribution in [0.4, 0.5) is 11.4 Å². The molecular formula is C21H16N4O2S2. The highest BCUT2D eigenvalue weighted by Crippen LogP contribution is 2.36. The maximum atomic E-state index is 12.6. The topological polar surface area (TPSA) is 75.5 Å². The van der Waals surface area contributed by atoms with Gasteiger partial charge in [-0.2, -0.15) is 0 Å². The Balaban J connectivity index is 1.32. The van der Waals surface area contributed by atoms with Crippen LogP contribution in [0.15, 0.2) is 65.1 Å². The number of carbonyl (C=O) groups is 2. The van der Waals surface area contributed by atoms with E-state index >= 15 is 0 Å². The fraction of sp³-hybridized carbons (Fsp3) is 0.0952. The number of hydrogen-bond donors (Lipinski definition) is 2. The van der Waals surface area contributed by atoms with Gasteiger partial charge in [0.15, 0.2) is 4.96 Å². The van der Waals surface area contributed by atoms with E-state index in [4.69, 9.17) is 0 Å². The van der Waals surface area contributed by atoms with Crippen molar-refractivity contribution in [2.75, 3.05) is 10.6 Å². The quantitative estimate of drug-likeness (QED) is 0.502. The summed E-state index contributed by atoms with van der Waals surface area (Å²) in [7, 11) is 0. The number of nitrogens with zero attached hydrogens (tertiary/aromatic N) is 2. The minimum Gasteiger partial charge on any atom is -0.324 e. The number of carbonyl (C=O) groups excluding carboxylic acids is 2. The summed E-state index contributed by atoms with van der Waals surface area (Å²) in [5, 5.41) is 7.62. The van der Waals surface area contributed by atoms with Gasteiger partial charge in [0.25, 0.3) is 5.91 Å². The van der Waals surface area contributed by atoms with E-state index in [-0.39, 0.29) is 17.1 Å². The fourth-order valence-corrected chi connectivity index (χ4v) is 4.77. The molecule has 2 N–H and O–H groups in total. The number of fused-ring (bicyclic) bond motifs is 2. The zero-order valence-electron chi connectivity index (χ0n) is 15.4. The van der Waals surface area contributed by atoms with Crippen molar-refractivity contribution in [2.24, 2.45) is 0 Å². The zero-order chi connectivity index (χ0) is 20.0. The maximum absolute atomic E-state index is 12.6. The van der Waals surface area contributed by atoms with Gasteiger partial charge in [-0.3, -0.25) is 14.0 Å². The van der Waals surface area contributed by atoms with E-state index in [0.717, 1.165) is 21.1 Å². The van der Waals surface area contributed by atoms with Crippen molar-refractivity contribution < 1.29 is 9.59 Å². The molecular weight excluding hydrogens is 404 g/mol. The Morgan fingerprint density at radius 2 is 2.03 bits per heavy atom. The van der Waals surface area contributed by atoms with E-state index in [2.05, 4.69) is 15.6 Å². The van der Waals surface area contributed by atoms with Crippen LogP contribution in [0.5, 0.6) is 0 Å². The summed E-state index contributed by atoms with van der Waals surface area (Å²) in [6, 6.07) is 13.0. The van der Waals surface area contributed by atoms with Crippen molar-refractivity contribution >= 4 is 51.2 Å². The van der Waals surface area contributed by atoms with Crippen LogP contribution in [0.1, 0.15) is 17.3 Å². The predicted molar refractivity (Wildman–Crippen MR) is 117 cm³/mol. The Morgan fingerprint density at radius 1 is 1.21 bits per heavy atom. The standard InChI is InChI=1S/C21H16N4O2S2/c1-12-19(26)23-16-10-14(4-7-18(16)29-12)20(27)22-15-5-2-13(3-6-15)17-11-25-8-9-28-21(25)24-17/h2-12H,1H3,(H,22,27)(H,23,26)/t12-/m1/s1. The Hall–Kier alpha value is -3.10. The van der Waals surface area contributed by atoms with Crippen molar-refractivity contribution in [1.29, 1.82) is 0 Å². The molecule has 1 atom stereocenters. The first kappa shape index (κ1) is 18.0. The molecule has 144 valence electrons. The number of thiazole rings is 1. The van der Waals surface area contributed by atoms with Crippen LogP contribution in [-0.2, 0) is 4.79 Å². The lowest BCUT2D eigenvalue weighted by Crippen LogP contribution is -2.26. The molecule has 0 saturated heterocycles. The van der Waals surface area contributed by atoms with Gasteiger partial charge in [-0.25, -0.2) is 4.98 Å². The van der Waals surface area contributed by atoms with E-state index in [1.165, 1.54) is 11.8 Å². The number of thioether (sulfide) groups is 1. The van der Waals surface area contributed by atoms with Crippen LogP contribution in [0.3, 0.4) is 0 Å². The lowest BCUT2D eigenvalue weighted by atomic mass is 10.1.